The Hall–Kier alpha value is -1.95. The molecule has 2 aliphatic heterocycles. The van der Waals surface area contributed by atoms with Crippen molar-refractivity contribution in [2.75, 3.05) is 13.7 Å². The Morgan fingerprint density at radius 3 is 2.29 bits per heavy atom. The number of benzene rings is 1. The molecule has 0 saturated heterocycles. The summed E-state index contributed by atoms with van der Waals surface area (Å²) < 4.78 is 27.7. The van der Waals surface area contributed by atoms with Crippen molar-refractivity contribution in [2.45, 2.75) is 160 Å². The van der Waals surface area contributed by atoms with Crippen LogP contribution in [-0.2, 0) is 20.3 Å². The predicted octanol–water partition coefficient (Wildman–Crippen LogP) is 7.71. The monoisotopic (exact) mass is 702 g/mol. The zero-order valence-electron chi connectivity index (χ0n) is 31.1. The summed E-state index contributed by atoms with van der Waals surface area (Å²) in [5.74, 6) is -2.29. The van der Waals surface area contributed by atoms with Crippen LogP contribution in [0.2, 0.25) is 18.1 Å². The van der Waals surface area contributed by atoms with Gasteiger partial charge in [0.25, 0.3) is 0 Å². The van der Waals surface area contributed by atoms with Gasteiger partial charge in [-0.15, -0.1) is 0 Å². The molecule has 10 heteroatoms. The lowest BCUT2D eigenvalue weighted by molar-refractivity contribution is -0.252. The summed E-state index contributed by atoms with van der Waals surface area (Å²) >= 11 is 0. The minimum absolute atomic E-state index is 0.133. The molecule has 2 aliphatic carbocycles. The van der Waals surface area contributed by atoms with Crippen molar-refractivity contribution in [3.05, 3.63) is 34.4 Å². The number of aliphatic hydroxyl groups excluding tert-OH is 1. The van der Waals surface area contributed by atoms with Crippen molar-refractivity contribution in [1.82, 2.24) is 0 Å². The van der Waals surface area contributed by atoms with E-state index in [4.69, 9.17) is 18.6 Å². The van der Waals surface area contributed by atoms with Crippen molar-refractivity contribution >= 4 is 14.3 Å². The number of aliphatic hydroxyl groups is 2. The van der Waals surface area contributed by atoms with Crippen molar-refractivity contribution in [3.8, 4) is 11.5 Å². The van der Waals surface area contributed by atoms with Crippen LogP contribution in [0.3, 0.4) is 0 Å². The first-order valence-electron chi connectivity index (χ1n) is 18.9. The van der Waals surface area contributed by atoms with Crippen LogP contribution in [0.4, 0.5) is 0 Å². The standard InChI is InChI=1S/C39H62O9Si/c1-9-13-14-15-16-17-26-18-24-19-28(41)32(36(42)43)34-31(24)35(46-26)33-29(45-8)20-25(23-40)27-21-37(5,6)39(27,44)30(22-38(33,7)47-34)48-49(10-2,11-3)12-4/h19-20,26-27,29-30,33,35,40-41,44H,9-18,21-23H2,1-8H3,(H,42,43)/b25-20-/t26-,27-,29+,30+,33-,35+,38+,39-/m1/s1. The summed E-state index contributed by atoms with van der Waals surface area (Å²) in [6.45, 7) is 14.6. The molecular weight excluding hydrogens is 641 g/mol. The molecule has 1 saturated carbocycles. The Morgan fingerprint density at radius 2 is 1.71 bits per heavy atom. The maximum atomic E-state index is 13.0. The summed E-state index contributed by atoms with van der Waals surface area (Å²) in [5, 5.41) is 45.5. The maximum absolute atomic E-state index is 13.0. The largest absolute Gasteiger partial charge is 0.507 e. The highest BCUT2D eigenvalue weighted by atomic mass is 28.4. The average Bonchev–Trinajstić information content (AvgIpc) is 3.08. The van der Waals surface area contributed by atoms with Gasteiger partial charge in [0.2, 0.25) is 0 Å². The molecule has 276 valence electrons. The van der Waals surface area contributed by atoms with E-state index >= 15 is 0 Å². The number of methoxy groups -OCH3 is 1. The summed E-state index contributed by atoms with van der Waals surface area (Å²) in [6, 6.07) is 4.24. The third-order valence-electron chi connectivity index (χ3n) is 13.0. The summed E-state index contributed by atoms with van der Waals surface area (Å²) in [6.07, 6.45) is 7.94. The molecule has 1 fully saturated rings. The highest BCUT2D eigenvalue weighted by Gasteiger charge is 2.68. The smallest absolute Gasteiger partial charge is 0.343 e. The molecule has 0 radical (unpaired) electrons. The van der Waals surface area contributed by atoms with Gasteiger partial charge in [-0.1, -0.05) is 79.7 Å². The first kappa shape index (κ1) is 38.3. The maximum Gasteiger partial charge on any atom is 0.343 e. The highest BCUT2D eigenvalue weighted by molar-refractivity contribution is 6.73. The normalized spacial score (nSPS) is 34.4. The number of carboxylic acid groups (broad SMARTS) is 1. The van der Waals surface area contributed by atoms with E-state index in [2.05, 4.69) is 41.5 Å². The van der Waals surface area contributed by atoms with Crippen LogP contribution in [0, 0.1) is 17.3 Å². The second-order valence-corrected chi connectivity index (χ2v) is 20.8. The molecule has 4 N–H and O–H groups in total. The van der Waals surface area contributed by atoms with Gasteiger partial charge in [0.1, 0.15) is 28.3 Å². The fourth-order valence-electron chi connectivity index (χ4n) is 9.81. The number of rotatable bonds is 14. The van der Waals surface area contributed by atoms with Crippen LogP contribution in [0.25, 0.3) is 0 Å². The van der Waals surface area contributed by atoms with E-state index in [0.717, 1.165) is 48.5 Å². The van der Waals surface area contributed by atoms with E-state index in [1.54, 1.807) is 13.2 Å². The molecule has 0 bridgehead atoms. The van der Waals surface area contributed by atoms with Crippen molar-refractivity contribution in [2.24, 2.45) is 17.3 Å². The van der Waals surface area contributed by atoms with Gasteiger partial charge >= 0.3 is 5.97 Å². The number of carbonyl (C=O) groups is 1. The van der Waals surface area contributed by atoms with Gasteiger partial charge in [-0.25, -0.2) is 4.79 Å². The summed E-state index contributed by atoms with van der Waals surface area (Å²) in [4.78, 5) is 12.8. The third kappa shape index (κ3) is 6.52. The SMILES string of the molecule is CCCCCCC[C@@H]1Cc2cc(O)c(C(=O)O)c3c2[C@H](O1)[C@H]1[C@@H](OC)/C=C(/CO)[C@H]2CC(C)(C)[C@]2(O)[C@@H](O[Si](CC)(CC)CC)C[C@]1(C)O3. The topological polar surface area (TPSA) is 135 Å². The van der Waals surface area contributed by atoms with Crippen molar-refractivity contribution in [3.63, 3.8) is 0 Å². The Morgan fingerprint density at radius 1 is 1.04 bits per heavy atom. The number of phenols is 1. The van der Waals surface area contributed by atoms with Crippen molar-refractivity contribution in [1.29, 1.82) is 0 Å². The van der Waals surface area contributed by atoms with Gasteiger partial charge in [0.05, 0.1) is 36.9 Å². The molecule has 4 aliphatic rings. The van der Waals surface area contributed by atoms with Gasteiger partial charge in [0, 0.05) is 25.0 Å². The lowest BCUT2D eigenvalue weighted by Gasteiger charge is -2.64. The minimum atomic E-state index is -2.32. The van der Waals surface area contributed by atoms with Crippen LogP contribution >= 0.6 is 0 Å². The second kappa shape index (κ2) is 14.6. The first-order chi connectivity index (χ1) is 23.2. The molecule has 0 amide bonds. The molecule has 1 aromatic rings. The molecular formula is C39H62O9Si. The number of fused-ring (bicyclic) bond motifs is 3. The van der Waals surface area contributed by atoms with Gasteiger partial charge < -0.3 is 39.1 Å². The van der Waals surface area contributed by atoms with Gasteiger partial charge in [-0.3, -0.25) is 0 Å². The van der Waals surface area contributed by atoms with E-state index in [9.17, 15) is 25.2 Å². The number of ether oxygens (including phenoxy) is 3. The molecule has 0 unspecified atom stereocenters. The molecule has 5 rings (SSSR count). The Labute approximate surface area is 294 Å². The Kier molecular flexibility index (Phi) is 11.4. The summed E-state index contributed by atoms with van der Waals surface area (Å²) in [7, 11) is -0.671. The number of hydrogen-bond acceptors (Lipinski definition) is 8. The third-order valence-corrected chi connectivity index (χ3v) is 17.7. The van der Waals surface area contributed by atoms with Crippen molar-refractivity contribution < 1.29 is 43.9 Å². The fraction of sp³-hybridized carbons (Fsp3) is 0.769. The highest BCUT2D eigenvalue weighted by Crippen LogP contribution is 2.63. The molecule has 8 atom stereocenters. The number of hydrogen-bond donors (Lipinski definition) is 4. The van der Waals surface area contributed by atoms with Crippen LogP contribution in [0.5, 0.6) is 11.5 Å². The number of aromatic carboxylic acids is 1. The Balaban J connectivity index is 1.71. The van der Waals surface area contributed by atoms with E-state index in [1.807, 2.05) is 13.0 Å². The number of unbranched alkanes of at least 4 members (excludes halogenated alkanes) is 4. The van der Waals surface area contributed by atoms with Crippen LogP contribution in [-0.4, -0.2) is 77.9 Å². The first-order valence-corrected chi connectivity index (χ1v) is 21.4. The summed E-state index contributed by atoms with van der Waals surface area (Å²) in [5.41, 5.74) is -1.08. The van der Waals surface area contributed by atoms with Gasteiger partial charge in [-0.05, 0) is 66.9 Å². The van der Waals surface area contributed by atoms with Crippen LogP contribution in [0.15, 0.2) is 17.7 Å². The van der Waals surface area contributed by atoms with Gasteiger partial charge in [0.15, 0.2) is 8.32 Å². The quantitative estimate of drug-likeness (QED) is 0.0874. The fourth-order valence-corrected chi connectivity index (χ4v) is 12.7. The number of aromatic hydroxyl groups is 1. The molecule has 9 nitrogen and oxygen atoms in total. The second-order valence-electron chi connectivity index (χ2n) is 16.1. The zero-order chi connectivity index (χ0) is 35.9. The van der Waals surface area contributed by atoms with E-state index in [0.29, 0.717) is 18.4 Å². The van der Waals surface area contributed by atoms with E-state index in [1.165, 1.54) is 19.3 Å². The lowest BCUT2D eigenvalue weighted by Crippen LogP contribution is -2.71. The predicted molar refractivity (Wildman–Crippen MR) is 192 cm³/mol. The molecule has 2 heterocycles. The minimum Gasteiger partial charge on any atom is -0.507 e. The molecule has 49 heavy (non-hydrogen) atoms. The Bertz CT molecular complexity index is 1380. The average molecular weight is 703 g/mol. The number of carboxylic acids is 1. The van der Waals surface area contributed by atoms with E-state index < -0.39 is 55.1 Å². The van der Waals surface area contributed by atoms with Crippen LogP contribution < -0.4 is 4.74 Å². The molecule has 0 spiro atoms. The molecule has 1 aromatic carbocycles. The molecule has 0 aromatic heterocycles. The zero-order valence-corrected chi connectivity index (χ0v) is 32.1. The lowest BCUT2D eigenvalue weighted by atomic mass is 9.47. The van der Waals surface area contributed by atoms with Crippen LogP contribution in [0.1, 0.15) is 127 Å². The van der Waals surface area contributed by atoms with Gasteiger partial charge in [-0.2, -0.15) is 0 Å². The van der Waals surface area contributed by atoms with E-state index in [-0.39, 0.29) is 42.1 Å².